The maximum Gasteiger partial charge on any atom is 0.0552 e. The van der Waals surface area contributed by atoms with Crippen molar-refractivity contribution >= 4 is 0 Å². The highest BCUT2D eigenvalue weighted by atomic mass is 16.3. The Hall–Kier alpha value is -0.0800. The molecule has 2 nitrogen and oxygen atoms in total. The van der Waals surface area contributed by atoms with E-state index in [1.807, 2.05) is 0 Å². The van der Waals surface area contributed by atoms with Crippen LogP contribution in [0, 0.1) is 0 Å². The Balaban J connectivity index is 2.97. The first-order chi connectivity index (χ1) is 5.31. The standard InChI is InChI=1S/C9H21NO/c1-3-5-9(11)6-8-10-7-4-2/h9-11H,3-8H2,1-2H3. The minimum Gasteiger partial charge on any atom is -0.393 e. The zero-order valence-corrected chi connectivity index (χ0v) is 7.77. The Labute approximate surface area is 70.0 Å². The van der Waals surface area contributed by atoms with Crippen LogP contribution in [0.25, 0.3) is 0 Å². The minimum absolute atomic E-state index is 0.0932. The van der Waals surface area contributed by atoms with Gasteiger partial charge in [0, 0.05) is 0 Å². The van der Waals surface area contributed by atoms with E-state index < -0.39 is 0 Å². The van der Waals surface area contributed by atoms with Gasteiger partial charge >= 0.3 is 0 Å². The zero-order valence-electron chi connectivity index (χ0n) is 7.77. The summed E-state index contributed by atoms with van der Waals surface area (Å²) in [6.07, 6.45) is 3.99. The minimum atomic E-state index is -0.0932. The largest absolute Gasteiger partial charge is 0.393 e. The molecule has 0 saturated carbocycles. The molecule has 0 aromatic rings. The quantitative estimate of drug-likeness (QED) is 0.552. The molecular formula is C9H21NO. The number of aliphatic hydroxyl groups is 1. The van der Waals surface area contributed by atoms with Gasteiger partial charge in [0.1, 0.15) is 0 Å². The van der Waals surface area contributed by atoms with Gasteiger partial charge in [0.2, 0.25) is 0 Å². The fourth-order valence-corrected chi connectivity index (χ4v) is 1.05. The average Bonchev–Trinajstić information content (AvgIpc) is 1.99. The first-order valence-corrected chi connectivity index (χ1v) is 4.70. The fraction of sp³-hybridized carbons (Fsp3) is 1.00. The topological polar surface area (TPSA) is 32.3 Å². The fourth-order valence-electron chi connectivity index (χ4n) is 1.05. The number of nitrogens with one attached hydrogen (secondary N) is 1. The second-order valence-electron chi connectivity index (χ2n) is 2.98. The van der Waals surface area contributed by atoms with E-state index in [1.54, 1.807) is 0 Å². The van der Waals surface area contributed by atoms with Crippen LogP contribution in [0.3, 0.4) is 0 Å². The predicted molar refractivity (Wildman–Crippen MR) is 48.7 cm³/mol. The lowest BCUT2D eigenvalue weighted by atomic mass is 10.1. The summed E-state index contributed by atoms with van der Waals surface area (Å²) in [7, 11) is 0. The van der Waals surface area contributed by atoms with Gasteiger partial charge in [0.15, 0.2) is 0 Å². The lowest BCUT2D eigenvalue weighted by molar-refractivity contribution is 0.153. The van der Waals surface area contributed by atoms with Gasteiger partial charge in [-0.05, 0) is 32.4 Å². The average molecular weight is 159 g/mol. The molecule has 0 saturated heterocycles. The molecule has 0 heterocycles. The summed E-state index contributed by atoms with van der Waals surface area (Å²) in [5.74, 6) is 0. The normalized spacial score (nSPS) is 13.4. The van der Waals surface area contributed by atoms with Gasteiger partial charge in [0.05, 0.1) is 6.10 Å². The first kappa shape index (κ1) is 10.9. The van der Waals surface area contributed by atoms with Gasteiger partial charge in [-0.25, -0.2) is 0 Å². The maximum atomic E-state index is 9.31. The van der Waals surface area contributed by atoms with Gasteiger partial charge in [-0.3, -0.25) is 0 Å². The van der Waals surface area contributed by atoms with Crippen molar-refractivity contribution in [3.63, 3.8) is 0 Å². The van der Waals surface area contributed by atoms with E-state index in [2.05, 4.69) is 19.2 Å². The maximum absolute atomic E-state index is 9.31. The second kappa shape index (κ2) is 8.02. The Bertz CT molecular complexity index is 76.0. The summed E-state index contributed by atoms with van der Waals surface area (Å²) < 4.78 is 0. The van der Waals surface area contributed by atoms with E-state index in [9.17, 15) is 5.11 Å². The van der Waals surface area contributed by atoms with Crippen molar-refractivity contribution in [2.45, 2.75) is 45.6 Å². The van der Waals surface area contributed by atoms with Crippen molar-refractivity contribution in [3.8, 4) is 0 Å². The highest BCUT2D eigenvalue weighted by molar-refractivity contribution is 4.56. The first-order valence-electron chi connectivity index (χ1n) is 4.70. The van der Waals surface area contributed by atoms with Gasteiger partial charge in [0.25, 0.3) is 0 Å². The Morgan fingerprint density at radius 2 is 1.82 bits per heavy atom. The van der Waals surface area contributed by atoms with Gasteiger partial charge in [-0.15, -0.1) is 0 Å². The van der Waals surface area contributed by atoms with E-state index in [-0.39, 0.29) is 6.10 Å². The molecule has 2 N–H and O–H groups in total. The molecule has 0 aromatic heterocycles. The molecule has 0 aromatic carbocycles. The zero-order chi connectivity index (χ0) is 8.53. The molecule has 0 fully saturated rings. The molecule has 0 aliphatic heterocycles. The Morgan fingerprint density at radius 3 is 2.36 bits per heavy atom. The van der Waals surface area contributed by atoms with Crippen molar-refractivity contribution in [2.75, 3.05) is 13.1 Å². The molecule has 0 rings (SSSR count). The van der Waals surface area contributed by atoms with E-state index in [4.69, 9.17) is 0 Å². The summed E-state index contributed by atoms with van der Waals surface area (Å²) >= 11 is 0. The second-order valence-corrected chi connectivity index (χ2v) is 2.98. The van der Waals surface area contributed by atoms with Crippen LogP contribution in [-0.2, 0) is 0 Å². The third kappa shape index (κ3) is 7.82. The number of hydrogen-bond acceptors (Lipinski definition) is 2. The Morgan fingerprint density at radius 1 is 1.09 bits per heavy atom. The van der Waals surface area contributed by atoms with Crippen LogP contribution in [0.4, 0.5) is 0 Å². The molecule has 68 valence electrons. The third-order valence-electron chi connectivity index (χ3n) is 1.70. The van der Waals surface area contributed by atoms with Gasteiger partial charge in [-0.2, -0.15) is 0 Å². The molecule has 0 spiro atoms. The third-order valence-corrected chi connectivity index (χ3v) is 1.70. The van der Waals surface area contributed by atoms with E-state index in [1.165, 1.54) is 6.42 Å². The summed E-state index contributed by atoms with van der Waals surface area (Å²) in [6.45, 7) is 6.27. The predicted octanol–water partition coefficient (Wildman–Crippen LogP) is 1.54. The van der Waals surface area contributed by atoms with Crippen LogP contribution in [0.2, 0.25) is 0 Å². The SMILES string of the molecule is CCCNCCC(O)CCC. The number of rotatable bonds is 7. The van der Waals surface area contributed by atoms with E-state index >= 15 is 0 Å². The van der Waals surface area contributed by atoms with Crippen LogP contribution in [0.1, 0.15) is 39.5 Å². The van der Waals surface area contributed by atoms with Gasteiger partial charge < -0.3 is 10.4 Å². The van der Waals surface area contributed by atoms with Crippen LogP contribution >= 0.6 is 0 Å². The summed E-state index contributed by atoms with van der Waals surface area (Å²) in [6, 6.07) is 0. The molecule has 0 amide bonds. The van der Waals surface area contributed by atoms with Crippen molar-refractivity contribution in [1.82, 2.24) is 5.32 Å². The van der Waals surface area contributed by atoms with E-state index in [0.29, 0.717) is 0 Å². The lowest BCUT2D eigenvalue weighted by Crippen LogP contribution is -2.20. The monoisotopic (exact) mass is 159 g/mol. The molecule has 0 bridgehead atoms. The van der Waals surface area contributed by atoms with Crippen molar-refractivity contribution in [2.24, 2.45) is 0 Å². The molecule has 11 heavy (non-hydrogen) atoms. The number of hydrogen-bond donors (Lipinski definition) is 2. The van der Waals surface area contributed by atoms with E-state index in [0.717, 1.165) is 32.4 Å². The summed E-state index contributed by atoms with van der Waals surface area (Å²) in [4.78, 5) is 0. The Kier molecular flexibility index (Phi) is 7.96. The molecule has 2 heteroatoms. The highest BCUT2D eigenvalue weighted by Gasteiger charge is 2.00. The summed E-state index contributed by atoms with van der Waals surface area (Å²) in [5, 5.41) is 12.6. The van der Waals surface area contributed by atoms with Crippen LogP contribution < -0.4 is 5.32 Å². The molecule has 0 aliphatic carbocycles. The number of aliphatic hydroxyl groups excluding tert-OH is 1. The smallest absolute Gasteiger partial charge is 0.0552 e. The molecule has 0 radical (unpaired) electrons. The molecule has 1 atom stereocenters. The molecule has 0 aliphatic rings. The van der Waals surface area contributed by atoms with Gasteiger partial charge in [-0.1, -0.05) is 20.3 Å². The van der Waals surface area contributed by atoms with Crippen molar-refractivity contribution in [1.29, 1.82) is 0 Å². The van der Waals surface area contributed by atoms with Crippen LogP contribution in [0.5, 0.6) is 0 Å². The summed E-state index contributed by atoms with van der Waals surface area (Å²) in [5.41, 5.74) is 0. The highest BCUT2D eigenvalue weighted by Crippen LogP contribution is 1.99. The molecular weight excluding hydrogens is 138 g/mol. The van der Waals surface area contributed by atoms with Crippen molar-refractivity contribution in [3.05, 3.63) is 0 Å². The van der Waals surface area contributed by atoms with Crippen LogP contribution in [0.15, 0.2) is 0 Å². The van der Waals surface area contributed by atoms with Crippen molar-refractivity contribution < 1.29 is 5.11 Å². The van der Waals surface area contributed by atoms with Crippen LogP contribution in [-0.4, -0.2) is 24.3 Å². The molecule has 1 unspecified atom stereocenters. The lowest BCUT2D eigenvalue weighted by Gasteiger charge is -2.08.